The highest BCUT2D eigenvalue weighted by atomic mass is 127. The third-order valence-electron chi connectivity index (χ3n) is 6.50. The van der Waals surface area contributed by atoms with Crippen molar-refractivity contribution in [3.8, 4) is 11.5 Å². The fourth-order valence-corrected chi connectivity index (χ4v) is 5.55. The number of esters is 2. The Hall–Kier alpha value is -3.69. The van der Waals surface area contributed by atoms with Gasteiger partial charge in [0.1, 0.15) is 17.1 Å². The van der Waals surface area contributed by atoms with Crippen molar-refractivity contribution in [2.24, 2.45) is 4.99 Å². The van der Waals surface area contributed by atoms with Crippen molar-refractivity contribution in [3.05, 3.63) is 127 Å². The molecule has 4 rings (SSSR count). The van der Waals surface area contributed by atoms with Crippen LogP contribution in [0.2, 0.25) is 5.02 Å². The first-order valence-corrected chi connectivity index (χ1v) is 15.2. The molecule has 4 aromatic carbocycles. The van der Waals surface area contributed by atoms with Gasteiger partial charge in [0.25, 0.3) is 0 Å². The van der Waals surface area contributed by atoms with E-state index in [0.717, 1.165) is 22.3 Å². The summed E-state index contributed by atoms with van der Waals surface area (Å²) >= 11 is 8.19. The number of hydrogen-bond donors (Lipinski definition) is 0. The minimum atomic E-state index is -0.932. The lowest BCUT2D eigenvalue weighted by Gasteiger charge is -2.24. The van der Waals surface area contributed by atoms with E-state index in [0.29, 0.717) is 31.4 Å². The number of halogens is 2. The van der Waals surface area contributed by atoms with E-state index in [9.17, 15) is 9.59 Å². The molecular formula is C35H33ClINO5. The Kier molecular flexibility index (Phi) is 10.6. The molecule has 0 saturated heterocycles. The molecule has 0 saturated carbocycles. The van der Waals surface area contributed by atoms with E-state index in [-0.39, 0.29) is 6.42 Å². The molecule has 0 aromatic heterocycles. The van der Waals surface area contributed by atoms with Crippen LogP contribution in [0, 0.1) is 10.5 Å². The van der Waals surface area contributed by atoms with Crippen molar-refractivity contribution in [3.63, 3.8) is 0 Å². The van der Waals surface area contributed by atoms with E-state index in [2.05, 4.69) is 22.6 Å². The maximum absolute atomic E-state index is 13.8. The molecule has 43 heavy (non-hydrogen) atoms. The SMILES string of the molecule is COC(=O)c1cc(Oc2ccc(Cl)cc2)c(C)c(CC(N=C(c2ccccc2)c2ccccc2)C(=O)OC(C)(C)C)c1I. The van der Waals surface area contributed by atoms with Gasteiger partial charge in [-0.1, -0.05) is 72.3 Å². The Balaban J connectivity index is 1.88. The molecule has 8 heteroatoms. The normalized spacial score (nSPS) is 11.8. The van der Waals surface area contributed by atoms with E-state index in [1.165, 1.54) is 7.11 Å². The number of methoxy groups -OCH3 is 1. The third-order valence-corrected chi connectivity index (χ3v) is 7.99. The zero-order valence-corrected chi connectivity index (χ0v) is 27.6. The average Bonchev–Trinajstić information content (AvgIpc) is 2.99. The quantitative estimate of drug-likeness (QED) is 0.0989. The Labute approximate surface area is 271 Å². The van der Waals surface area contributed by atoms with Crippen molar-refractivity contribution in [1.82, 2.24) is 0 Å². The van der Waals surface area contributed by atoms with E-state index < -0.39 is 23.6 Å². The van der Waals surface area contributed by atoms with Crippen molar-refractivity contribution >= 4 is 51.8 Å². The van der Waals surface area contributed by atoms with Gasteiger partial charge in [-0.25, -0.2) is 9.59 Å². The zero-order chi connectivity index (χ0) is 31.1. The first-order valence-electron chi connectivity index (χ1n) is 13.7. The summed E-state index contributed by atoms with van der Waals surface area (Å²) in [5.41, 5.74) is 3.47. The van der Waals surface area contributed by atoms with Crippen LogP contribution in [-0.2, 0) is 20.7 Å². The number of nitrogens with zero attached hydrogens (tertiary/aromatic N) is 1. The van der Waals surface area contributed by atoms with Crippen molar-refractivity contribution in [1.29, 1.82) is 0 Å². The van der Waals surface area contributed by atoms with Gasteiger partial charge >= 0.3 is 11.9 Å². The number of ether oxygens (including phenoxy) is 3. The van der Waals surface area contributed by atoms with Crippen molar-refractivity contribution < 1.29 is 23.8 Å². The number of carbonyl (C=O) groups is 2. The second-order valence-electron chi connectivity index (χ2n) is 10.9. The highest BCUT2D eigenvalue weighted by molar-refractivity contribution is 14.1. The van der Waals surface area contributed by atoms with Gasteiger partial charge in [-0.2, -0.15) is 0 Å². The lowest BCUT2D eigenvalue weighted by Crippen LogP contribution is -2.33. The van der Waals surface area contributed by atoms with Gasteiger partial charge in [0.05, 0.1) is 18.4 Å². The Bertz CT molecular complexity index is 1570. The van der Waals surface area contributed by atoms with Gasteiger partial charge in [-0.05, 0) is 91.7 Å². The molecule has 0 amide bonds. The minimum absolute atomic E-state index is 0.157. The second kappa shape index (κ2) is 14.2. The number of carbonyl (C=O) groups excluding carboxylic acids is 2. The second-order valence-corrected chi connectivity index (χ2v) is 12.4. The third kappa shape index (κ3) is 8.45. The summed E-state index contributed by atoms with van der Waals surface area (Å²) in [6.45, 7) is 7.37. The average molecular weight is 710 g/mol. The summed E-state index contributed by atoms with van der Waals surface area (Å²) in [6.07, 6.45) is 0.157. The van der Waals surface area contributed by atoms with Crippen LogP contribution in [0.25, 0.3) is 0 Å². The Morgan fingerprint density at radius 3 is 1.98 bits per heavy atom. The molecule has 0 aliphatic rings. The highest BCUT2D eigenvalue weighted by Gasteiger charge is 2.30. The fraction of sp³-hybridized carbons (Fsp3) is 0.229. The summed E-state index contributed by atoms with van der Waals surface area (Å²) in [7, 11) is 1.33. The topological polar surface area (TPSA) is 74.2 Å². The lowest BCUT2D eigenvalue weighted by atomic mass is 9.96. The van der Waals surface area contributed by atoms with Crippen LogP contribution in [0.4, 0.5) is 0 Å². The molecule has 0 aliphatic carbocycles. The summed E-state index contributed by atoms with van der Waals surface area (Å²) < 4.78 is 17.8. The highest BCUT2D eigenvalue weighted by Crippen LogP contribution is 2.35. The van der Waals surface area contributed by atoms with Crippen LogP contribution in [0.5, 0.6) is 11.5 Å². The molecular weight excluding hydrogens is 677 g/mol. The van der Waals surface area contributed by atoms with Crippen LogP contribution < -0.4 is 4.74 Å². The van der Waals surface area contributed by atoms with Gasteiger partial charge in [0.2, 0.25) is 0 Å². The molecule has 6 nitrogen and oxygen atoms in total. The summed E-state index contributed by atoms with van der Waals surface area (Å²) in [4.78, 5) is 31.7. The van der Waals surface area contributed by atoms with Crippen molar-refractivity contribution in [2.75, 3.05) is 7.11 Å². The monoisotopic (exact) mass is 709 g/mol. The smallest absolute Gasteiger partial charge is 0.339 e. The molecule has 4 aromatic rings. The number of hydrogen-bond acceptors (Lipinski definition) is 6. The maximum atomic E-state index is 13.8. The summed E-state index contributed by atoms with van der Waals surface area (Å²) in [6, 6.07) is 27.1. The van der Waals surface area contributed by atoms with E-state index in [1.54, 1.807) is 30.3 Å². The van der Waals surface area contributed by atoms with Gasteiger partial charge in [0.15, 0.2) is 6.04 Å². The largest absolute Gasteiger partial charge is 0.465 e. The summed E-state index contributed by atoms with van der Waals surface area (Å²) in [5, 5.41) is 0.577. The molecule has 0 fully saturated rings. The fourth-order valence-electron chi connectivity index (χ4n) is 4.42. The molecule has 0 bridgehead atoms. The van der Waals surface area contributed by atoms with Crippen molar-refractivity contribution in [2.45, 2.75) is 45.8 Å². The molecule has 0 spiro atoms. The first kappa shape index (κ1) is 32.2. The number of aliphatic imine (C=N–C) groups is 1. The predicted molar refractivity (Wildman–Crippen MR) is 179 cm³/mol. The zero-order valence-electron chi connectivity index (χ0n) is 24.7. The number of rotatable bonds is 9. The maximum Gasteiger partial charge on any atom is 0.339 e. The van der Waals surface area contributed by atoms with Gasteiger partial charge in [0, 0.05) is 26.1 Å². The summed E-state index contributed by atoms with van der Waals surface area (Å²) in [5.74, 6) is 0.0120. The van der Waals surface area contributed by atoms with Crippen LogP contribution in [0.3, 0.4) is 0 Å². The molecule has 0 heterocycles. The van der Waals surface area contributed by atoms with Crippen LogP contribution in [0.15, 0.2) is 96.0 Å². The minimum Gasteiger partial charge on any atom is -0.465 e. The van der Waals surface area contributed by atoms with E-state index in [4.69, 9.17) is 30.8 Å². The van der Waals surface area contributed by atoms with E-state index >= 15 is 0 Å². The lowest BCUT2D eigenvalue weighted by molar-refractivity contribution is -0.156. The molecule has 222 valence electrons. The molecule has 0 N–H and O–H groups in total. The van der Waals surface area contributed by atoms with Crippen LogP contribution in [-0.4, -0.2) is 36.4 Å². The standard InChI is InChI=1S/C35H33ClINO5/c1-22-27(31(37)28(33(39)41-5)21-30(22)42-26-18-16-25(36)17-19-26)20-29(34(40)43-35(2,3)4)38-32(23-12-8-6-9-13-23)24-14-10-7-11-15-24/h6-19,21,29H,20H2,1-5H3. The van der Waals surface area contributed by atoms with Gasteiger partial charge < -0.3 is 14.2 Å². The number of benzene rings is 4. The van der Waals surface area contributed by atoms with Crippen LogP contribution >= 0.6 is 34.2 Å². The predicted octanol–water partition coefficient (Wildman–Crippen LogP) is 8.62. The molecule has 1 unspecified atom stereocenters. The molecule has 1 atom stereocenters. The Morgan fingerprint density at radius 2 is 1.47 bits per heavy atom. The Morgan fingerprint density at radius 1 is 0.907 bits per heavy atom. The molecule has 0 radical (unpaired) electrons. The van der Waals surface area contributed by atoms with E-state index in [1.807, 2.05) is 88.4 Å². The van der Waals surface area contributed by atoms with Gasteiger partial charge in [-0.3, -0.25) is 4.99 Å². The van der Waals surface area contributed by atoms with Gasteiger partial charge in [-0.15, -0.1) is 0 Å². The first-order chi connectivity index (χ1) is 20.5. The molecule has 0 aliphatic heterocycles. The van der Waals surface area contributed by atoms with Crippen LogP contribution in [0.1, 0.15) is 53.4 Å².